The van der Waals surface area contributed by atoms with Gasteiger partial charge >= 0.3 is 0 Å². The van der Waals surface area contributed by atoms with Gasteiger partial charge in [0.1, 0.15) is 10.0 Å². The molecule has 0 amide bonds. The largest absolute Gasteiger partial charge is 0.317 e. The molecule has 1 saturated heterocycles. The quantitative estimate of drug-likeness (QED) is 0.920. The lowest BCUT2D eigenvalue weighted by atomic mass is 9.99. The van der Waals surface area contributed by atoms with Crippen LogP contribution in [-0.2, 0) is 6.42 Å². The van der Waals surface area contributed by atoms with Gasteiger partial charge in [-0.15, -0.1) is 21.5 Å². The number of nitrogens with zero attached hydrogens (tertiary/aromatic N) is 2. The molecule has 0 saturated carbocycles. The number of hydrogen-bond donors (Lipinski definition) is 1. The van der Waals surface area contributed by atoms with E-state index < -0.39 is 0 Å². The molecule has 1 N–H and O–H groups in total. The first-order valence-corrected chi connectivity index (χ1v) is 7.30. The zero-order valence-electron chi connectivity index (χ0n) is 10.3. The van der Waals surface area contributed by atoms with Gasteiger partial charge in [-0.3, -0.25) is 0 Å². The molecule has 1 aromatic heterocycles. The van der Waals surface area contributed by atoms with Gasteiger partial charge in [-0.25, -0.2) is 0 Å². The SMILES string of the molecule is c1ccc(Cc2nnc(C3CCNCC3)s2)cc1. The van der Waals surface area contributed by atoms with Crippen molar-refractivity contribution in [2.24, 2.45) is 0 Å². The maximum atomic E-state index is 4.38. The summed E-state index contributed by atoms with van der Waals surface area (Å²) in [6, 6.07) is 10.5. The summed E-state index contributed by atoms with van der Waals surface area (Å²) >= 11 is 1.78. The summed E-state index contributed by atoms with van der Waals surface area (Å²) < 4.78 is 0. The average molecular weight is 259 g/mol. The van der Waals surface area contributed by atoms with E-state index in [1.807, 2.05) is 6.07 Å². The third kappa shape index (κ3) is 2.76. The molecule has 2 aromatic rings. The molecule has 94 valence electrons. The van der Waals surface area contributed by atoms with Crippen LogP contribution in [0.15, 0.2) is 30.3 Å². The molecule has 3 nitrogen and oxygen atoms in total. The Balaban J connectivity index is 1.69. The van der Waals surface area contributed by atoms with Crippen LogP contribution in [-0.4, -0.2) is 23.3 Å². The maximum absolute atomic E-state index is 4.38. The Morgan fingerprint density at radius 2 is 1.89 bits per heavy atom. The van der Waals surface area contributed by atoms with Crippen LogP contribution in [0.3, 0.4) is 0 Å². The second kappa shape index (κ2) is 5.59. The van der Waals surface area contributed by atoms with E-state index in [9.17, 15) is 0 Å². The lowest BCUT2D eigenvalue weighted by Crippen LogP contribution is -2.26. The van der Waals surface area contributed by atoms with Gasteiger partial charge in [0.15, 0.2) is 0 Å². The molecule has 0 radical (unpaired) electrons. The molecule has 1 fully saturated rings. The van der Waals surface area contributed by atoms with Gasteiger partial charge in [0.25, 0.3) is 0 Å². The lowest BCUT2D eigenvalue weighted by molar-refractivity contribution is 0.457. The van der Waals surface area contributed by atoms with Crippen molar-refractivity contribution in [1.82, 2.24) is 15.5 Å². The van der Waals surface area contributed by atoms with E-state index in [0.717, 1.165) is 24.5 Å². The summed E-state index contributed by atoms with van der Waals surface area (Å²) in [5.74, 6) is 0.619. The van der Waals surface area contributed by atoms with Crippen LogP contribution in [0.25, 0.3) is 0 Å². The fraction of sp³-hybridized carbons (Fsp3) is 0.429. The summed E-state index contributed by atoms with van der Waals surface area (Å²) in [5, 5.41) is 14.5. The minimum Gasteiger partial charge on any atom is -0.317 e. The molecule has 1 aromatic carbocycles. The van der Waals surface area contributed by atoms with Crippen LogP contribution >= 0.6 is 11.3 Å². The van der Waals surface area contributed by atoms with Crippen molar-refractivity contribution in [2.45, 2.75) is 25.2 Å². The summed E-state index contributed by atoms with van der Waals surface area (Å²) in [5.41, 5.74) is 1.31. The molecule has 4 heteroatoms. The van der Waals surface area contributed by atoms with Crippen LogP contribution in [0.2, 0.25) is 0 Å². The van der Waals surface area contributed by atoms with E-state index in [0.29, 0.717) is 5.92 Å². The Kier molecular flexibility index (Phi) is 3.67. The summed E-state index contributed by atoms with van der Waals surface area (Å²) in [4.78, 5) is 0. The first-order valence-electron chi connectivity index (χ1n) is 6.49. The number of piperidine rings is 1. The van der Waals surface area contributed by atoms with E-state index in [1.165, 1.54) is 23.4 Å². The van der Waals surface area contributed by atoms with Crippen LogP contribution in [0.5, 0.6) is 0 Å². The highest BCUT2D eigenvalue weighted by molar-refractivity contribution is 7.11. The van der Waals surface area contributed by atoms with Gasteiger partial charge in [0.05, 0.1) is 0 Å². The Morgan fingerprint density at radius 1 is 1.11 bits per heavy atom. The average Bonchev–Trinajstić information content (AvgIpc) is 2.89. The van der Waals surface area contributed by atoms with Gasteiger partial charge in [-0.1, -0.05) is 30.3 Å². The van der Waals surface area contributed by atoms with Crippen molar-refractivity contribution in [3.63, 3.8) is 0 Å². The smallest absolute Gasteiger partial charge is 0.121 e. The normalized spacial score (nSPS) is 16.9. The van der Waals surface area contributed by atoms with Gasteiger partial charge in [0.2, 0.25) is 0 Å². The fourth-order valence-corrected chi connectivity index (χ4v) is 3.39. The Bertz CT molecular complexity index is 489. The highest BCUT2D eigenvalue weighted by Gasteiger charge is 2.19. The lowest BCUT2D eigenvalue weighted by Gasteiger charge is -2.19. The van der Waals surface area contributed by atoms with E-state index in [4.69, 9.17) is 0 Å². The number of hydrogen-bond acceptors (Lipinski definition) is 4. The number of nitrogens with one attached hydrogen (secondary N) is 1. The molecule has 0 bridgehead atoms. The number of benzene rings is 1. The van der Waals surface area contributed by atoms with Crippen molar-refractivity contribution in [2.75, 3.05) is 13.1 Å². The number of aromatic nitrogens is 2. The van der Waals surface area contributed by atoms with E-state index in [-0.39, 0.29) is 0 Å². The Labute approximate surface area is 111 Å². The topological polar surface area (TPSA) is 37.8 Å². The molecule has 2 heterocycles. The fourth-order valence-electron chi connectivity index (χ4n) is 2.34. The van der Waals surface area contributed by atoms with Crippen LogP contribution in [0.1, 0.15) is 34.3 Å². The van der Waals surface area contributed by atoms with Crippen molar-refractivity contribution in [3.8, 4) is 0 Å². The molecular weight excluding hydrogens is 242 g/mol. The summed E-state index contributed by atoms with van der Waals surface area (Å²) in [7, 11) is 0. The molecule has 1 aliphatic rings. The second-order valence-electron chi connectivity index (χ2n) is 4.72. The van der Waals surface area contributed by atoms with Gasteiger partial charge in [-0.05, 0) is 31.5 Å². The first kappa shape index (κ1) is 11.8. The predicted molar refractivity (Wildman–Crippen MR) is 74.0 cm³/mol. The van der Waals surface area contributed by atoms with Crippen LogP contribution < -0.4 is 5.32 Å². The maximum Gasteiger partial charge on any atom is 0.121 e. The second-order valence-corrected chi connectivity index (χ2v) is 5.81. The number of rotatable bonds is 3. The molecule has 18 heavy (non-hydrogen) atoms. The van der Waals surface area contributed by atoms with Crippen molar-refractivity contribution < 1.29 is 0 Å². The minimum absolute atomic E-state index is 0.619. The standard InChI is InChI=1S/C14H17N3S/c1-2-4-11(5-3-1)10-13-16-17-14(18-13)12-6-8-15-9-7-12/h1-5,12,15H,6-10H2. The zero-order chi connectivity index (χ0) is 12.2. The Hall–Kier alpha value is -1.26. The molecule has 1 aliphatic heterocycles. The van der Waals surface area contributed by atoms with E-state index in [2.05, 4.69) is 39.8 Å². The molecule has 0 unspecified atom stereocenters. The molecular formula is C14H17N3S. The minimum atomic E-state index is 0.619. The summed E-state index contributed by atoms with van der Waals surface area (Å²) in [6.07, 6.45) is 3.30. The zero-order valence-corrected chi connectivity index (χ0v) is 11.1. The third-order valence-electron chi connectivity index (χ3n) is 3.37. The molecule has 0 aliphatic carbocycles. The van der Waals surface area contributed by atoms with Gasteiger partial charge in [-0.2, -0.15) is 0 Å². The van der Waals surface area contributed by atoms with Gasteiger partial charge < -0.3 is 5.32 Å². The molecule has 3 rings (SSSR count). The highest BCUT2D eigenvalue weighted by Crippen LogP contribution is 2.28. The molecule has 0 atom stereocenters. The van der Waals surface area contributed by atoms with Crippen molar-refractivity contribution >= 4 is 11.3 Å². The monoisotopic (exact) mass is 259 g/mol. The highest BCUT2D eigenvalue weighted by atomic mass is 32.1. The van der Waals surface area contributed by atoms with Crippen molar-refractivity contribution in [3.05, 3.63) is 45.9 Å². The van der Waals surface area contributed by atoms with E-state index in [1.54, 1.807) is 11.3 Å². The van der Waals surface area contributed by atoms with E-state index >= 15 is 0 Å². The summed E-state index contributed by atoms with van der Waals surface area (Å²) in [6.45, 7) is 2.22. The predicted octanol–water partition coefficient (Wildman–Crippen LogP) is 2.60. The third-order valence-corrected chi connectivity index (χ3v) is 4.45. The Morgan fingerprint density at radius 3 is 2.67 bits per heavy atom. The van der Waals surface area contributed by atoms with Crippen LogP contribution in [0, 0.1) is 0 Å². The molecule has 0 spiro atoms. The van der Waals surface area contributed by atoms with Crippen LogP contribution in [0.4, 0.5) is 0 Å². The first-order chi connectivity index (χ1) is 8.92. The van der Waals surface area contributed by atoms with Gasteiger partial charge in [0, 0.05) is 12.3 Å². The van der Waals surface area contributed by atoms with Crippen molar-refractivity contribution in [1.29, 1.82) is 0 Å².